The smallest absolute Gasteiger partial charge is 0.387 e. The van der Waals surface area contributed by atoms with Gasteiger partial charge in [-0.1, -0.05) is 29.8 Å². The van der Waals surface area contributed by atoms with Crippen molar-refractivity contribution < 1.29 is 32.6 Å². The van der Waals surface area contributed by atoms with E-state index in [4.69, 9.17) is 21.1 Å². The zero-order valence-corrected chi connectivity index (χ0v) is 14.9. The molecular weight excluding hydrogens is 384 g/mol. The van der Waals surface area contributed by atoms with Crippen LogP contribution in [0.25, 0.3) is 0 Å². The number of esters is 1. The van der Waals surface area contributed by atoms with Crippen LogP contribution in [0.1, 0.15) is 6.92 Å². The Balaban J connectivity index is 1.81. The van der Waals surface area contributed by atoms with Crippen molar-refractivity contribution in [2.24, 2.45) is 0 Å². The monoisotopic (exact) mass is 399 g/mol. The van der Waals surface area contributed by atoms with Gasteiger partial charge in [0.25, 0.3) is 5.91 Å². The van der Waals surface area contributed by atoms with Crippen molar-refractivity contribution in [3.05, 3.63) is 53.6 Å². The summed E-state index contributed by atoms with van der Waals surface area (Å²) in [5.41, 5.74) is 0.233. The Bertz CT molecular complexity index is 789. The summed E-state index contributed by atoms with van der Waals surface area (Å²) in [5.74, 6) is -1.07. The number of carbonyl (C=O) groups is 2. The van der Waals surface area contributed by atoms with Crippen LogP contribution in [-0.4, -0.2) is 31.2 Å². The summed E-state index contributed by atoms with van der Waals surface area (Å²) in [6, 6.07) is 12.4. The molecule has 0 fully saturated rings. The second-order valence-corrected chi connectivity index (χ2v) is 5.66. The van der Waals surface area contributed by atoms with Crippen LogP contribution in [0, 0.1) is 0 Å². The summed E-state index contributed by atoms with van der Waals surface area (Å²) in [6.45, 7) is -2.06. The SMILES string of the molecule is CC(Oc1ccccc1)C(=O)OCC(=O)Nc1ccc(OC(F)F)c(Cl)c1. The fraction of sp³-hybridized carbons (Fsp3) is 0.222. The van der Waals surface area contributed by atoms with E-state index < -0.39 is 31.2 Å². The number of anilines is 1. The lowest BCUT2D eigenvalue weighted by molar-refractivity contribution is -0.153. The number of ether oxygens (including phenoxy) is 3. The minimum Gasteiger partial charge on any atom is -0.479 e. The van der Waals surface area contributed by atoms with Crippen LogP contribution in [0.3, 0.4) is 0 Å². The van der Waals surface area contributed by atoms with E-state index in [1.807, 2.05) is 0 Å². The molecule has 0 aliphatic carbocycles. The molecule has 0 bridgehead atoms. The summed E-state index contributed by atoms with van der Waals surface area (Å²) >= 11 is 5.79. The molecule has 1 unspecified atom stereocenters. The lowest BCUT2D eigenvalue weighted by Crippen LogP contribution is -2.29. The van der Waals surface area contributed by atoms with Gasteiger partial charge in [0.1, 0.15) is 11.5 Å². The normalized spacial score (nSPS) is 11.6. The number of alkyl halides is 2. The number of carbonyl (C=O) groups excluding carboxylic acids is 2. The maximum absolute atomic E-state index is 12.2. The Morgan fingerprint density at radius 2 is 1.81 bits per heavy atom. The molecule has 1 amide bonds. The molecule has 1 atom stereocenters. The third-order valence-corrected chi connectivity index (χ3v) is 3.46. The molecule has 27 heavy (non-hydrogen) atoms. The molecule has 0 radical (unpaired) electrons. The van der Waals surface area contributed by atoms with E-state index in [-0.39, 0.29) is 16.5 Å². The Morgan fingerprint density at radius 3 is 2.44 bits per heavy atom. The van der Waals surface area contributed by atoms with Crippen LogP contribution >= 0.6 is 11.6 Å². The number of benzene rings is 2. The zero-order chi connectivity index (χ0) is 19.8. The van der Waals surface area contributed by atoms with Gasteiger partial charge in [0.05, 0.1) is 5.02 Å². The molecule has 0 saturated carbocycles. The van der Waals surface area contributed by atoms with Gasteiger partial charge < -0.3 is 19.5 Å². The van der Waals surface area contributed by atoms with Crippen molar-refractivity contribution in [1.82, 2.24) is 0 Å². The van der Waals surface area contributed by atoms with Gasteiger partial charge in [-0.05, 0) is 37.3 Å². The fourth-order valence-corrected chi connectivity index (χ4v) is 2.20. The van der Waals surface area contributed by atoms with Crippen LogP contribution in [-0.2, 0) is 14.3 Å². The molecule has 0 aliphatic rings. The minimum atomic E-state index is -3.01. The summed E-state index contributed by atoms with van der Waals surface area (Å²) in [7, 11) is 0. The fourth-order valence-electron chi connectivity index (χ4n) is 1.97. The molecule has 0 saturated heterocycles. The Labute approximate surface area is 159 Å². The van der Waals surface area contributed by atoms with Gasteiger partial charge in [-0.3, -0.25) is 4.79 Å². The van der Waals surface area contributed by atoms with E-state index in [0.717, 1.165) is 0 Å². The van der Waals surface area contributed by atoms with Crippen molar-refractivity contribution >= 4 is 29.2 Å². The van der Waals surface area contributed by atoms with Gasteiger partial charge in [0.15, 0.2) is 12.7 Å². The summed E-state index contributed by atoms with van der Waals surface area (Å²) in [4.78, 5) is 23.7. The summed E-state index contributed by atoms with van der Waals surface area (Å²) in [5, 5.41) is 2.32. The summed E-state index contributed by atoms with van der Waals surface area (Å²) < 4.78 is 38.8. The first-order valence-electron chi connectivity index (χ1n) is 7.77. The van der Waals surface area contributed by atoms with Crippen LogP contribution in [0.2, 0.25) is 5.02 Å². The Kier molecular flexibility index (Phi) is 7.36. The number of hydrogen-bond acceptors (Lipinski definition) is 5. The lowest BCUT2D eigenvalue weighted by Gasteiger charge is -2.14. The number of para-hydroxylation sites is 1. The number of hydrogen-bond donors (Lipinski definition) is 1. The molecule has 0 aromatic heterocycles. The average molecular weight is 400 g/mol. The van der Waals surface area contributed by atoms with Crippen molar-refractivity contribution in [2.45, 2.75) is 19.6 Å². The van der Waals surface area contributed by atoms with Crippen LogP contribution in [0.5, 0.6) is 11.5 Å². The van der Waals surface area contributed by atoms with Gasteiger partial charge in [-0.2, -0.15) is 8.78 Å². The zero-order valence-electron chi connectivity index (χ0n) is 14.2. The van der Waals surface area contributed by atoms with Crippen LogP contribution < -0.4 is 14.8 Å². The highest BCUT2D eigenvalue weighted by atomic mass is 35.5. The van der Waals surface area contributed by atoms with E-state index in [0.29, 0.717) is 5.75 Å². The number of rotatable bonds is 8. The first kappa shape index (κ1) is 20.4. The molecule has 0 spiro atoms. The third kappa shape index (κ3) is 6.74. The predicted molar refractivity (Wildman–Crippen MR) is 94.2 cm³/mol. The molecule has 2 aromatic carbocycles. The highest BCUT2D eigenvalue weighted by Crippen LogP contribution is 2.28. The lowest BCUT2D eigenvalue weighted by atomic mass is 10.3. The molecule has 0 heterocycles. The van der Waals surface area contributed by atoms with E-state index in [1.54, 1.807) is 30.3 Å². The maximum atomic E-state index is 12.2. The molecular formula is C18H16ClF2NO5. The topological polar surface area (TPSA) is 73.9 Å². The van der Waals surface area contributed by atoms with E-state index >= 15 is 0 Å². The maximum Gasteiger partial charge on any atom is 0.387 e. The second kappa shape index (κ2) is 9.72. The molecule has 2 rings (SSSR count). The van der Waals surface area contributed by atoms with Crippen LogP contribution in [0.15, 0.2) is 48.5 Å². The molecule has 2 aromatic rings. The Hall–Kier alpha value is -2.87. The van der Waals surface area contributed by atoms with Crippen molar-refractivity contribution in [2.75, 3.05) is 11.9 Å². The van der Waals surface area contributed by atoms with Gasteiger partial charge in [0.2, 0.25) is 0 Å². The highest BCUT2D eigenvalue weighted by Gasteiger charge is 2.18. The number of halogens is 3. The van der Waals surface area contributed by atoms with E-state index in [1.165, 1.54) is 25.1 Å². The number of nitrogens with one attached hydrogen (secondary N) is 1. The van der Waals surface area contributed by atoms with E-state index in [2.05, 4.69) is 10.1 Å². The predicted octanol–water partition coefficient (Wildman–Crippen LogP) is 3.89. The third-order valence-electron chi connectivity index (χ3n) is 3.17. The molecule has 6 nitrogen and oxygen atoms in total. The van der Waals surface area contributed by atoms with E-state index in [9.17, 15) is 18.4 Å². The Morgan fingerprint density at radius 1 is 1.11 bits per heavy atom. The van der Waals surface area contributed by atoms with Gasteiger partial charge >= 0.3 is 12.6 Å². The molecule has 1 N–H and O–H groups in total. The highest BCUT2D eigenvalue weighted by molar-refractivity contribution is 6.32. The average Bonchev–Trinajstić information content (AvgIpc) is 2.62. The molecule has 9 heteroatoms. The van der Waals surface area contributed by atoms with Crippen molar-refractivity contribution in [3.8, 4) is 11.5 Å². The second-order valence-electron chi connectivity index (χ2n) is 5.25. The van der Waals surface area contributed by atoms with Crippen molar-refractivity contribution in [3.63, 3.8) is 0 Å². The van der Waals surface area contributed by atoms with Crippen LogP contribution in [0.4, 0.5) is 14.5 Å². The van der Waals surface area contributed by atoms with Gasteiger partial charge in [-0.15, -0.1) is 0 Å². The summed E-state index contributed by atoms with van der Waals surface area (Å²) in [6.07, 6.45) is -0.902. The van der Waals surface area contributed by atoms with Crippen molar-refractivity contribution in [1.29, 1.82) is 0 Å². The van der Waals surface area contributed by atoms with Gasteiger partial charge in [-0.25, -0.2) is 4.79 Å². The standard InChI is InChI=1S/C18H16ClF2NO5/c1-11(26-13-5-3-2-4-6-13)17(24)25-10-16(23)22-12-7-8-15(14(19)9-12)27-18(20)21/h2-9,11,18H,10H2,1H3,(H,22,23). The molecule has 144 valence electrons. The first-order chi connectivity index (χ1) is 12.8. The number of amides is 1. The quantitative estimate of drug-likeness (QED) is 0.682. The van der Waals surface area contributed by atoms with Gasteiger partial charge in [0, 0.05) is 5.69 Å². The first-order valence-corrected chi connectivity index (χ1v) is 8.15. The minimum absolute atomic E-state index is 0.102. The molecule has 0 aliphatic heterocycles. The largest absolute Gasteiger partial charge is 0.479 e.